The van der Waals surface area contributed by atoms with Crippen molar-refractivity contribution in [3.63, 3.8) is 0 Å². The molecule has 0 saturated heterocycles. The lowest BCUT2D eigenvalue weighted by Gasteiger charge is -2.16. The fourth-order valence-corrected chi connectivity index (χ4v) is 9.36. The van der Waals surface area contributed by atoms with E-state index in [-0.39, 0.29) is 42.8 Å². The molecule has 0 unspecified atom stereocenters. The minimum absolute atomic E-state index is 0.00815. The summed E-state index contributed by atoms with van der Waals surface area (Å²) in [4.78, 5) is 43.0. The van der Waals surface area contributed by atoms with Crippen LogP contribution in [0, 0.1) is 6.92 Å². The number of pyridine rings is 4. The zero-order valence-corrected chi connectivity index (χ0v) is 41.1. The fourth-order valence-electron chi connectivity index (χ4n) is 9.36. The van der Waals surface area contributed by atoms with Crippen molar-refractivity contribution >= 4 is 33.6 Å². The molecule has 0 aliphatic heterocycles. The van der Waals surface area contributed by atoms with Gasteiger partial charge in [-0.1, -0.05) is 64.1 Å². The molecular weight excluding hydrogens is 947 g/mol. The molecule has 8 aromatic rings. The lowest BCUT2D eigenvalue weighted by molar-refractivity contribution is -0.142. The van der Waals surface area contributed by atoms with Crippen molar-refractivity contribution in [3.05, 3.63) is 184 Å². The van der Waals surface area contributed by atoms with Gasteiger partial charge in [-0.2, -0.15) is 26.3 Å². The van der Waals surface area contributed by atoms with Crippen molar-refractivity contribution < 1.29 is 40.7 Å². The Morgan fingerprint density at radius 3 is 1.49 bits per heavy atom. The zero-order chi connectivity index (χ0) is 52.0. The monoisotopic (exact) mass is 1000 g/mol. The molecule has 2 N–H and O–H groups in total. The number of hydrogen-bond acceptors (Lipinski definition) is 7. The molecule has 6 heterocycles. The molecule has 0 atom stereocenters. The highest BCUT2D eigenvalue weighted by Crippen LogP contribution is 2.37. The molecule has 1 fully saturated rings. The minimum Gasteiger partial charge on any atom is -0.490 e. The molecule has 1 aliphatic rings. The van der Waals surface area contributed by atoms with E-state index in [4.69, 9.17) is 4.74 Å². The summed E-state index contributed by atoms with van der Waals surface area (Å²) in [7, 11) is 0. The van der Waals surface area contributed by atoms with Crippen LogP contribution < -0.4 is 15.4 Å². The number of aryl methyl sites for hydroxylation is 1. The summed E-state index contributed by atoms with van der Waals surface area (Å²) in [5, 5.41) is 7.37. The molecule has 2 amide bonds. The van der Waals surface area contributed by atoms with E-state index < -0.39 is 23.7 Å². The van der Waals surface area contributed by atoms with E-state index in [0.717, 1.165) is 93.3 Å². The van der Waals surface area contributed by atoms with Gasteiger partial charge in [-0.15, -0.1) is 0 Å². The summed E-state index contributed by atoms with van der Waals surface area (Å²) < 4.78 is 87.5. The highest BCUT2D eigenvalue weighted by Gasteiger charge is 2.33. The van der Waals surface area contributed by atoms with Crippen molar-refractivity contribution in [2.75, 3.05) is 0 Å². The van der Waals surface area contributed by atoms with Gasteiger partial charge >= 0.3 is 12.4 Å². The maximum atomic E-state index is 13.6. The van der Waals surface area contributed by atoms with Gasteiger partial charge in [-0.25, -0.2) is 0 Å². The topological polar surface area (TPSA) is 129 Å². The number of nitrogens with one attached hydrogen (secondary N) is 2. The van der Waals surface area contributed by atoms with E-state index in [0.29, 0.717) is 35.3 Å². The molecule has 1 aliphatic carbocycles. The number of carbonyl (C=O) groups is 2. The van der Waals surface area contributed by atoms with Gasteiger partial charge in [-0.3, -0.25) is 29.5 Å². The van der Waals surface area contributed by atoms with Crippen molar-refractivity contribution in [2.24, 2.45) is 0 Å². The lowest BCUT2D eigenvalue weighted by Crippen LogP contribution is -2.24. The Labute approximate surface area is 419 Å². The predicted octanol–water partition coefficient (Wildman–Crippen LogP) is 12.7. The molecule has 17 heteroatoms. The van der Waals surface area contributed by atoms with E-state index in [1.54, 1.807) is 12.4 Å². The van der Waals surface area contributed by atoms with Crippen LogP contribution in [0.15, 0.2) is 122 Å². The summed E-state index contributed by atoms with van der Waals surface area (Å²) in [6, 6.07) is 27.8. The molecule has 11 nitrogen and oxygen atoms in total. The molecule has 0 radical (unpaired) electrons. The van der Waals surface area contributed by atoms with Gasteiger partial charge < -0.3 is 24.5 Å². The van der Waals surface area contributed by atoms with Crippen molar-refractivity contribution in [3.8, 4) is 5.75 Å². The maximum absolute atomic E-state index is 13.6. The second-order valence-electron chi connectivity index (χ2n) is 18.8. The number of halogens is 6. The van der Waals surface area contributed by atoms with Gasteiger partial charge in [0.15, 0.2) is 0 Å². The molecule has 1 saturated carbocycles. The molecule has 73 heavy (non-hydrogen) atoms. The number of rotatable bonds is 14. The SMILES string of the molecule is CC(C)c1c(C(=O)NCc2ccc(C(F)(F)F)nc2)c2ccc(OC3CCCC3)cc2n1Cc1ccccn1.Cc1ccc2c(C(=O)NCc3ccc(C(F)(F)F)nc3)c(C(C)C)n(Cc3ccccn3)c2c1. The van der Waals surface area contributed by atoms with Crippen LogP contribution in [0.4, 0.5) is 26.3 Å². The van der Waals surface area contributed by atoms with Crippen LogP contribution in [-0.2, 0) is 38.5 Å². The summed E-state index contributed by atoms with van der Waals surface area (Å²) in [6.45, 7) is 11.3. The van der Waals surface area contributed by atoms with E-state index in [2.05, 4.69) is 45.8 Å². The van der Waals surface area contributed by atoms with Gasteiger partial charge in [-0.05, 0) is 116 Å². The second kappa shape index (κ2) is 22.1. The molecule has 6 aromatic heterocycles. The molecular formula is C56H56F6N8O3. The highest BCUT2D eigenvalue weighted by atomic mass is 19.4. The van der Waals surface area contributed by atoms with Gasteiger partial charge in [0.1, 0.15) is 17.1 Å². The number of alkyl halides is 6. The number of hydrogen-bond donors (Lipinski definition) is 2. The first-order valence-electron chi connectivity index (χ1n) is 24.2. The van der Waals surface area contributed by atoms with Crippen molar-refractivity contribution in [1.82, 2.24) is 39.7 Å². The third kappa shape index (κ3) is 12.2. The number of nitrogens with zero attached hydrogens (tertiary/aromatic N) is 6. The van der Waals surface area contributed by atoms with Crippen LogP contribution in [-0.4, -0.2) is 47.0 Å². The number of aromatic nitrogens is 6. The number of fused-ring (bicyclic) bond motifs is 2. The first kappa shape index (κ1) is 51.8. The minimum atomic E-state index is -4.51. The van der Waals surface area contributed by atoms with E-state index >= 15 is 0 Å². The maximum Gasteiger partial charge on any atom is 0.433 e. The Bertz CT molecular complexity index is 3180. The molecule has 2 aromatic carbocycles. The van der Waals surface area contributed by atoms with Gasteiger partial charge in [0.05, 0.1) is 47.2 Å². The zero-order valence-electron chi connectivity index (χ0n) is 41.1. The molecule has 0 bridgehead atoms. The summed E-state index contributed by atoms with van der Waals surface area (Å²) in [5.74, 6) is 0.246. The average molecular weight is 1000 g/mol. The average Bonchev–Trinajstić information content (AvgIpc) is 4.08. The number of amides is 2. The van der Waals surface area contributed by atoms with Crippen molar-refractivity contribution in [2.45, 2.75) is 117 Å². The van der Waals surface area contributed by atoms with Crippen LogP contribution in [0.25, 0.3) is 21.8 Å². The summed E-state index contributed by atoms with van der Waals surface area (Å²) >= 11 is 0. The Balaban J connectivity index is 0.000000197. The predicted molar refractivity (Wildman–Crippen MR) is 267 cm³/mol. The highest BCUT2D eigenvalue weighted by molar-refractivity contribution is 6.10. The third-order valence-corrected chi connectivity index (χ3v) is 12.7. The Morgan fingerprint density at radius 2 is 1.08 bits per heavy atom. The smallest absolute Gasteiger partial charge is 0.433 e. The Morgan fingerprint density at radius 1 is 0.616 bits per heavy atom. The molecule has 0 spiro atoms. The standard InChI is InChI=1S/C30H31F3N4O2.C26H25F3N4O/c1-19(2)28-27(29(38)36-17-20-10-13-26(35-16-20)30(31,32)33)24-12-11-23(39-22-8-3-4-9-22)15-25(24)37(28)18-21-7-5-6-14-34-21;1-16(2)24-23(25(34)32-14-18-8-10-22(31-13-18)26(27,28)29)20-9-7-17(3)12-21(20)33(24)15-19-6-4-5-11-30-19/h5-7,10-16,19,22H,3-4,8-9,17-18H2,1-2H3,(H,36,38);4-13,16H,14-15H2,1-3H3,(H,32,34). The van der Waals surface area contributed by atoms with E-state index in [1.807, 2.05) is 101 Å². The summed E-state index contributed by atoms with van der Waals surface area (Å²) in [6.07, 6.45) is 1.37. The number of ether oxygens (including phenoxy) is 1. The van der Waals surface area contributed by atoms with E-state index in [9.17, 15) is 35.9 Å². The van der Waals surface area contributed by atoms with Crippen LogP contribution in [0.2, 0.25) is 0 Å². The van der Waals surface area contributed by atoms with E-state index in [1.165, 1.54) is 25.0 Å². The molecule has 9 rings (SSSR count). The Kier molecular flexibility index (Phi) is 15.6. The Hall–Kier alpha value is -7.56. The lowest BCUT2D eigenvalue weighted by atomic mass is 10.0. The third-order valence-electron chi connectivity index (χ3n) is 12.7. The van der Waals surface area contributed by atoms with Crippen LogP contribution in [0.5, 0.6) is 5.75 Å². The summed E-state index contributed by atoms with van der Waals surface area (Å²) in [5.41, 5.74) is 6.53. The quantitative estimate of drug-likeness (QED) is 0.104. The first-order chi connectivity index (χ1) is 34.8. The van der Waals surface area contributed by atoms with Gasteiger partial charge in [0.2, 0.25) is 0 Å². The normalized spacial score (nSPS) is 13.2. The number of carbonyl (C=O) groups excluding carboxylic acids is 2. The van der Waals surface area contributed by atoms with Crippen molar-refractivity contribution in [1.29, 1.82) is 0 Å². The first-order valence-corrected chi connectivity index (χ1v) is 24.2. The largest absolute Gasteiger partial charge is 0.490 e. The van der Waals surface area contributed by atoms with Gasteiger partial charge in [0.25, 0.3) is 11.8 Å². The van der Waals surface area contributed by atoms with Crippen LogP contribution >= 0.6 is 0 Å². The fraction of sp³-hybridized carbons (Fsp3) is 0.321. The van der Waals surface area contributed by atoms with Crippen LogP contribution in [0.3, 0.4) is 0 Å². The van der Waals surface area contributed by atoms with Crippen LogP contribution in [0.1, 0.15) is 137 Å². The second-order valence-corrected chi connectivity index (χ2v) is 18.8. The van der Waals surface area contributed by atoms with Gasteiger partial charge in [0, 0.05) is 71.6 Å². The number of benzene rings is 2. The molecule has 380 valence electrons.